The van der Waals surface area contributed by atoms with Gasteiger partial charge in [-0.05, 0) is 49.2 Å². The predicted molar refractivity (Wildman–Crippen MR) is 119 cm³/mol. The van der Waals surface area contributed by atoms with Crippen molar-refractivity contribution >= 4 is 23.2 Å². The molecule has 1 saturated heterocycles. The zero-order valence-electron chi connectivity index (χ0n) is 18.5. The van der Waals surface area contributed by atoms with Gasteiger partial charge >= 0.3 is 6.36 Å². The predicted octanol–water partition coefficient (Wildman–Crippen LogP) is 3.40. The number of rotatable bonds is 7. The molecular formula is C23H27F3N4O3. The molecule has 0 bridgehead atoms. The second-order valence-electron chi connectivity index (χ2n) is 7.99. The van der Waals surface area contributed by atoms with Crippen LogP contribution in [0.15, 0.2) is 42.5 Å². The lowest BCUT2D eigenvalue weighted by molar-refractivity contribution is -0.274. The summed E-state index contributed by atoms with van der Waals surface area (Å²) in [4.78, 5) is 28.7. The normalized spacial score (nSPS) is 15.2. The molecule has 2 N–H and O–H groups in total. The van der Waals surface area contributed by atoms with Gasteiger partial charge in [-0.1, -0.05) is 18.2 Å². The van der Waals surface area contributed by atoms with Gasteiger partial charge in [0.25, 0.3) is 0 Å². The molecule has 10 heteroatoms. The smallest absolute Gasteiger partial charge is 0.406 e. The summed E-state index contributed by atoms with van der Waals surface area (Å²) in [6.45, 7) is 6.90. The molecule has 1 heterocycles. The molecule has 0 aromatic heterocycles. The van der Waals surface area contributed by atoms with Gasteiger partial charge in [0, 0.05) is 37.6 Å². The Hall–Kier alpha value is -3.11. The van der Waals surface area contributed by atoms with Crippen molar-refractivity contribution in [3.05, 3.63) is 53.6 Å². The molecule has 0 unspecified atom stereocenters. The second kappa shape index (κ2) is 10.7. The number of anilines is 2. The lowest BCUT2D eigenvalue weighted by atomic mass is 10.1. The van der Waals surface area contributed by atoms with E-state index in [0.29, 0.717) is 31.9 Å². The Kier molecular flexibility index (Phi) is 7.93. The molecule has 2 aromatic rings. The van der Waals surface area contributed by atoms with E-state index in [9.17, 15) is 22.8 Å². The van der Waals surface area contributed by atoms with E-state index in [1.54, 1.807) is 0 Å². The van der Waals surface area contributed by atoms with Crippen molar-refractivity contribution in [2.45, 2.75) is 20.2 Å². The van der Waals surface area contributed by atoms with E-state index in [1.807, 2.05) is 41.8 Å². The first kappa shape index (κ1) is 24.5. The van der Waals surface area contributed by atoms with Crippen molar-refractivity contribution in [1.82, 2.24) is 9.80 Å². The Morgan fingerprint density at radius 2 is 1.33 bits per heavy atom. The maximum Gasteiger partial charge on any atom is 0.573 e. The quantitative estimate of drug-likeness (QED) is 0.657. The minimum absolute atomic E-state index is 0.0726. The van der Waals surface area contributed by atoms with Crippen LogP contribution in [0.1, 0.15) is 11.1 Å². The number of benzene rings is 2. The van der Waals surface area contributed by atoms with Crippen LogP contribution in [0.3, 0.4) is 0 Å². The van der Waals surface area contributed by atoms with Gasteiger partial charge in [-0.25, -0.2) is 0 Å². The Labute approximate surface area is 190 Å². The molecule has 0 aliphatic carbocycles. The lowest BCUT2D eigenvalue weighted by Gasteiger charge is -2.33. The van der Waals surface area contributed by atoms with Gasteiger partial charge in [0.05, 0.1) is 13.1 Å². The molecule has 178 valence electrons. The number of carbonyl (C=O) groups excluding carboxylic acids is 2. The van der Waals surface area contributed by atoms with Gasteiger partial charge in [0.1, 0.15) is 5.75 Å². The number of nitrogens with zero attached hydrogens (tertiary/aromatic N) is 2. The third-order valence-corrected chi connectivity index (χ3v) is 5.32. The van der Waals surface area contributed by atoms with E-state index < -0.39 is 6.36 Å². The minimum atomic E-state index is -4.76. The number of carbonyl (C=O) groups is 2. The van der Waals surface area contributed by atoms with Crippen LogP contribution in [0.4, 0.5) is 24.5 Å². The van der Waals surface area contributed by atoms with Gasteiger partial charge in [0.15, 0.2) is 0 Å². The van der Waals surface area contributed by atoms with Gasteiger partial charge in [0.2, 0.25) is 11.8 Å². The lowest BCUT2D eigenvalue weighted by Crippen LogP contribution is -2.50. The number of halogens is 3. The van der Waals surface area contributed by atoms with Crippen LogP contribution in [-0.4, -0.2) is 67.2 Å². The molecule has 3 rings (SSSR count). The largest absolute Gasteiger partial charge is 0.573 e. The van der Waals surface area contributed by atoms with Gasteiger partial charge < -0.3 is 15.4 Å². The average molecular weight is 464 g/mol. The van der Waals surface area contributed by atoms with Crippen molar-refractivity contribution in [2.75, 3.05) is 49.9 Å². The monoisotopic (exact) mass is 464 g/mol. The van der Waals surface area contributed by atoms with E-state index in [2.05, 4.69) is 15.4 Å². The SMILES string of the molecule is Cc1cccc(C)c1NC(=O)CN1CCN(CC(=O)Nc2ccc(OC(F)(F)F)cc2)CC1. The fraction of sp³-hybridized carbons (Fsp3) is 0.391. The van der Waals surface area contributed by atoms with Crippen LogP contribution in [0.25, 0.3) is 0 Å². The van der Waals surface area contributed by atoms with E-state index in [4.69, 9.17) is 0 Å². The standard InChI is InChI=1S/C23H27F3N4O3/c1-16-4-3-5-17(2)22(16)28-21(32)15-30-12-10-29(11-13-30)14-20(31)27-18-6-8-19(9-7-18)33-23(24,25)26/h3-9H,10-15H2,1-2H3,(H,27,31)(H,28,32). The Balaban J connectivity index is 1.40. The average Bonchev–Trinajstić information content (AvgIpc) is 2.73. The molecule has 33 heavy (non-hydrogen) atoms. The molecule has 0 radical (unpaired) electrons. The second-order valence-corrected chi connectivity index (χ2v) is 7.99. The highest BCUT2D eigenvalue weighted by molar-refractivity contribution is 5.94. The molecule has 7 nitrogen and oxygen atoms in total. The first-order valence-corrected chi connectivity index (χ1v) is 10.6. The highest BCUT2D eigenvalue weighted by Gasteiger charge is 2.31. The Morgan fingerprint density at radius 1 is 0.848 bits per heavy atom. The molecular weight excluding hydrogens is 437 g/mol. The van der Waals surface area contributed by atoms with E-state index in [1.165, 1.54) is 12.1 Å². The van der Waals surface area contributed by atoms with Crippen molar-refractivity contribution in [2.24, 2.45) is 0 Å². The summed E-state index contributed by atoms with van der Waals surface area (Å²) >= 11 is 0. The van der Waals surface area contributed by atoms with Crippen LogP contribution in [0.5, 0.6) is 5.75 Å². The zero-order chi connectivity index (χ0) is 24.0. The maximum absolute atomic E-state index is 12.4. The first-order chi connectivity index (χ1) is 15.6. The van der Waals surface area contributed by atoms with Crippen LogP contribution in [0.2, 0.25) is 0 Å². The summed E-state index contributed by atoms with van der Waals surface area (Å²) in [6.07, 6.45) is -4.76. The van der Waals surface area contributed by atoms with E-state index >= 15 is 0 Å². The van der Waals surface area contributed by atoms with Crippen molar-refractivity contribution in [3.8, 4) is 5.75 Å². The number of alkyl halides is 3. The van der Waals surface area contributed by atoms with Crippen molar-refractivity contribution in [3.63, 3.8) is 0 Å². The molecule has 1 aliphatic heterocycles. The number of aryl methyl sites for hydroxylation is 2. The third-order valence-electron chi connectivity index (χ3n) is 5.32. The molecule has 0 spiro atoms. The summed E-state index contributed by atoms with van der Waals surface area (Å²) in [5, 5.41) is 5.65. The molecule has 2 aromatic carbocycles. The van der Waals surface area contributed by atoms with Crippen molar-refractivity contribution in [1.29, 1.82) is 0 Å². The van der Waals surface area contributed by atoms with Gasteiger partial charge in [-0.3, -0.25) is 19.4 Å². The summed E-state index contributed by atoms with van der Waals surface area (Å²) in [7, 11) is 0. The highest BCUT2D eigenvalue weighted by Crippen LogP contribution is 2.24. The minimum Gasteiger partial charge on any atom is -0.406 e. The van der Waals surface area contributed by atoms with Crippen LogP contribution < -0.4 is 15.4 Å². The molecule has 2 amide bonds. The van der Waals surface area contributed by atoms with E-state index in [0.717, 1.165) is 28.9 Å². The van der Waals surface area contributed by atoms with Crippen molar-refractivity contribution < 1.29 is 27.5 Å². The van der Waals surface area contributed by atoms with Crippen LogP contribution >= 0.6 is 0 Å². The molecule has 0 saturated carbocycles. The number of nitrogens with one attached hydrogen (secondary N) is 2. The Morgan fingerprint density at radius 3 is 1.82 bits per heavy atom. The van der Waals surface area contributed by atoms with Gasteiger partial charge in [-0.2, -0.15) is 0 Å². The Bertz CT molecular complexity index is 952. The number of amides is 2. The number of hydrogen-bond donors (Lipinski definition) is 2. The number of para-hydroxylation sites is 1. The number of hydrogen-bond acceptors (Lipinski definition) is 5. The third kappa shape index (κ3) is 7.76. The van der Waals surface area contributed by atoms with E-state index in [-0.39, 0.29) is 30.7 Å². The summed E-state index contributed by atoms with van der Waals surface area (Å²) in [5.74, 6) is -0.685. The molecule has 1 fully saturated rings. The topological polar surface area (TPSA) is 73.9 Å². The summed E-state index contributed by atoms with van der Waals surface area (Å²) in [6, 6.07) is 10.9. The summed E-state index contributed by atoms with van der Waals surface area (Å²) in [5.41, 5.74) is 3.26. The first-order valence-electron chi connectivity index (χ1n) is 10.6. The molecule has 1 aliphatic rings. The number of piperazine rings is 1. The van der Waals surface area contributed by atoms with Gasteiger partial charge in [-0.15, -0.1) is 13.2 Å². The molecule has 0 atom stereocenters. The fourth-order valence-electron chi connectivity index (χ4n) is 3.64. The fourth-order valence-corrected chi connectivity index (χ4v) is 3.64. The van der Waals surface area contributed by atoms with Crippen LogP contribution in [-0.2, 0) is 9.59 Å². The summed E-state index contributed by atoms with van der Waals surface area (Å²) < 4.78 is 40.5. The zero-order valence-corrected chi connectivity index (χ0v) is 18.5. The maximum atomic E-state index is 12.4. The van der Waals surface area contributed by atoms with Crippen LogP contribution in [0, 0.1) is 13.8 Å². The highest BCUT2D eigenvalue weighted by atomic mass is 19.4. The number of ether oxygens (including phenoxy) is 1.